The molecule has 4 aliphatic rings. The van der Waals surface area contributed by atoms with Crippen LogP contribution in [0.2, 0.25) is 0 Å². The van der Waals surface area contributed by atoms with Crippen molar-refractivity contribution in [2.45, 2.75) is 12.8 Å². The summed E-state index contributed by atoms with van der Waals surface area (Å²) in [5.41, 5.74) is 2.01. The zero-order valence-electron chi connectivity index (χ0n) is 15.1. The molecule has 7 nitrogen and oxygen atoms in total. The van der Waals surface area contributed by atoms with Crippen LogP contribution in [0.1, 0.15) is 12.8 Å². The van der Waals surface area contributed by atoms with Gasteiger partial charge in [-0.1, -0.05) is 6.08 Å². The first-order valence-corrected chi connectivity index (χ1v) is 9.32. The van der Waals surface area contributed by atoms with Crippen molar-refractivity contribution in [3.05, 3.63) is 36.2 Å². The summed E-state index contributed by atoms with van der Waals surface area (Å²) in [4.78, 5) is 28.4. The van der Waals surface area contributed by atoms with E-state index in [0.29, 0.717) is 26.2 Å². The van der Waals surface area contributed by atoms with Gasteiger partial charge in [0.2, 0.25) is 11.8 Å². The van der Waals surface area contributed by atoms with Gasteiger partial charge in [-0.15, -0.1) is 0 Å². The highest BCUT2D eigenvalue weighted by Crippen LogP contribution is 2.31. The van der Waals surface area contributed by atoms with E-state index in [1.54, 1.807) is 5.01 Å². The molecule has 1 saturated heterocycles. The molecule has 4 rings (SSSR count). The van der Waals surface area contributed by atoms with Crippen molar-refractivity contribution < 1.29 is 9.59 Å². The lowest BCUT2D eigenvalue weighted by molar-refractivity contribution is -0.140. The van der Waals surface area contributed by atoms with Crippen LogP contribution in [-0.4, -0.2) is 72.1 Å². The highest BCUT2D eigenvalue weighted by molar-refractivity contribution is 6.01. The molecule has 0 aromatic carbocycles. The number of rotatable bonds is 4. The Morgan fingerprint density at radius 1 is 1.15 bits per heavy atom. The summed E-state index contributed by atoms with van der Waals surface area (Å²) in [6.07, 6.45) is 12.1. The lowest BCUT2D eigenvalue weighted by atomic mass is 9.96. The van der Waals surface area contributed by atoms with Crippen molar-refractivity contribution >= 4 is 17.5 Å². The fourth-order valence-corrected chi connectivity index (χ4v) is 3.51. The van der Waals surface area contributed by atoms with Crippen LogP contribution in [0.4, 0.5) is 0 Å². The number of piperazine rings is 1. The molecule has 2 fully saturated rings. The number of allylic oxidation sites excluding steroid dienone is 4. The van der Waals surface area contributed by atoms with Gasteiger partial charge in [-0.05, 0) is 31.1 Å². The molecule has 0 aromatic rings. The minimum absolute atomic E-state index is 0.0576. The Balaban J connectivity index is 1.29. The van der Waals surface area contributed by atoms with Gasteiger partial charge in [0.1, 0.15) is 6.54 Å². The molecule has 0 radical (unpaired) electrons. The van der Waals surface area contributed by atoms with Crippen LogP contribution in [0, 0.1) is 11.8 Å². The quantitative estimate of drug-likeness (QED) is 0.799. The summed E-state index contributed by atoms with van der Waals surface area (Å²) in [6, 6.07) is 0. The van der Waals surface area contributed by atoms with Crippen molar-refractivity contribution in [2.24, 2.45) is 16.9 Å². The summed E-state index contributed by atoms with van der Waals surface area (Å²) in [7, 11) is 1.90. The van der Waals surface area contributed by atoms with E-state index in [4.69, 9.17) is 0 Å². The molecule has 2 aliphatic heterocycles. The zero-order chi connectivity index (χ0) is 18.1. The van der Waals surface area contributed by atoms with Gasteiger partial charge in [0, 0.05) is 57.0 Å². The van der Waals surface area contributed by atoms with E-state index in [0.717, 1.165) is 24.3 Å². The molecule has 7 heteroatoms. The molecule has 2 amide bonds. The molecule has 0 spiro atoms. The largest absolute Gasteiger partial charge is 0.388 e. The number of amides is 2. The topological polar surface area (TPSA) is 68.2 Å². The maximum atomic E-state index is 12.6. The third-order valence-electron chi connectivity index (χ3n) is 5.30. The highest BCUT2D eigenvalue weighted by Gasteiger charge is 2.35. The number of hydrazone groups is 1. The van der Waals surface area contributed by atoms with Crippen molar-refractivity contribution in [1.82, 2.24) is 20.1 Å². The Morgan fingerprint density at radius 3 is 2.58 bits per heavy atom. The molecular weight excluding hydrogens is 330 g/mol. The average molecular weight is 355 g/mol. The predicted molar refractivity (Wildman–Crippen MR) is 98.9 cm³/mol. The van der Waals surface area contributed by atoms with Gasteiger partial charge in [-0.2, -0.15) is 5.10 Å². The Bertz CT molecular complexity index is 711. The average Bonchev–Trinajstić information content (AvgIpc) is 3.52. The predicted octanol–water partition coefficient (Wildman–Crippen LogP) is 0.542. The second-order valence-electron chi connectivity index (χ2n) is 7.18. The van der Waals surface area contributed by atoms with Gasteiger partial charge in [-0.3, -0.25) is 14.6 Å². The van der Waals surface area contributed by atoms with Crippen molar-refractivity contribution in [3.63, 3.8) is 0 Å². The number of likely N-dealkylation sites (N-methyl/N-ethyl adjacent to an activating group) is 1. The number of fused-ring (bicyclic) bond motifs is 1. The van der Waals surface area contributed by atoms with Gasteiger partial charge in [0.15, 0.2) is 0 Å². The second-order valence-corrected chi connectivity index (χ2v) is 7.18. The lowest BCUT2D eigenvalue weighted by Gasteiger charge is -2.35. The van der Waals surface area contributed by atoms with Crippen molar-refractivity contribution in [2.75, 3.05) is 39.8 Å². The van der Waals surface area contributed by atoms with E-state index in [1.807, 2.05) is 35.2 Å². The van der Waals surface area contributed by atoms with Gasteiger partial charge in [0.25, 0.3) is 0 Å². The Morgan fingerprint density at radius 2 is 1.88 bits per heavy atom. The Kier molecular flexibility index (Phi) is 4.53. The first-order valence-electron chi connectivity index (χ1n) is 9.32. The monoisotopic (exact) mass is 355 g/mol. The molecule has 26 heavy (non-hydrogen) atoms. The molecule has 1 N–H and O–H groups in total. The van der Waals surface area contributed by atoms with E-state index in [9.17, 15) is 9.59 Å². The molecule has 2 heterocycles. The summed E-state index contributed by atoms with van der Waals surface area (Å²) in [6.45, 7) is 2.76. The van der Waals surface area contributed by atoms with E-state index < -0.39 is 0 Å². The lowest BCUT2D eigenvalue weighted by Crippen LogP contribution is -2.52. The van der Waals surface area contributed by atoms with Gasteiger partial charge >= 0.3 is 0 Å². The maximum Gasteiger partial charge on any atom is 0.244 e. The van der Waals surface area contributed by atoms with Gasteiger partial charge in [0.05, 0.1) is 5.71 Å². The number of hydrogen-bond acceptors (Lipinski definition) is 5. The third-order valence-corrected chi connectivity index (χ3v) is 5.30. The molecule has 1 atom stereocenters. The standard InChI is InChI=1S/C19H25N5O2/c1-20-16-4-5-17-15(12-16)6-7-24(21-17)13-18(25)22-8-10-23(11-9-22)19(26)14-2-3-14/h4-7,12,14-15,20H,2-3,8-11,13H2,1H3. The summed E-state index contributed by atoms with van der Waals surface area (Å²) >= 11 is 0. The number of hydrogen-bond donors (Lipinski definition) is 1. The van der Waals surface area contributed by atoms with Gasteiger partial charge in [-0.25, -0.2) is 0 Å². The first-order chi connectivity index (χ1) is 12.6. The Hall–Kier alpha value is -2.57. The highest BCUT2D eigenvalue weighted by atomic mass is 16.2. The Labute approximate surface area is 153 Å². The number of carbonyl (C=O) groups excluding carboxylic acids is 2. The van der Waals surface area contributed by atoms with Crippen LogP contribution in [0.25, 0.3) is 0 Å². The fraction of sp³-hybridized carbons (Fsp3) is 0.526. The minimum Gasteiger partial charge on any atom is -0.388 e. The van der Waals surface area contributed by atoms with Crippen molar-refractivity contribution in [1.29, 1.82) is 0 Å². The summed E-state index contributed by atoms with van der Waals surface area (Å²) in [5, 5.41) is 9.41. The van der Waals surface area contributed by atoms with E-state index in [2.05, 4.69) is 22.6 Å². The molecule has 0 bridgehead atoms. The SMILES string of the molecule is CNC1=CC2C=CN(CC(=O)N3CCN(C(=O)C4CC4)CC3)N=C2C=C1. The van der Waals surface area contributed by atoms with Gasteiger partial charge < -0.3 is 15.1 Å². The molecule has 138 valence electrons. The summed E-state index contributed by atoms with van der Waals surface area (Å²) < 4.78 is 0. The van der Waals surface area contributed by atoms with E-state index >= 15 is 0 Å². The van der Waals surface area contributed by atoms with Crippen LogP contribution < -0.4 is 5.32 Å². The smallest absolute Gasteiger partial charge is 0.244 e. The minimum atomic E-state index is 0.0576. The molecular formula is C19H25N5O2. The molecule has 0 aromatic heterocycles. The number of carbonyl (C=O) groups is 2. The molecule has 2 aliphatic carbocycles. The first kappa shape index (κ1) is 16.9. The van der Waals surface area contributed by atoms with Crippen LogP contribution in [0.15, 0.2) is 41.3 Å². The van der Waals surface area contributed by atoms with Crippen molar-refractivity contribution in [3.8, 4) is 0 Å². The second kappa shape index (κ2) is 6.97. The van der Waals surface area contributed by atoms with Crippen LogP contribution in [0.3, 0.4) is 0 Å². The number of nitrogens with zero attached hydrogens (tertiary/aromatic N) is 4. The molecule has 1 saturated carbocycles. The van der Waals surface area contributed by atoms with E-state index in [1.165, 1.54) is 0 Å². The van der Waals surface area contributed by atoms with Crippen LogP contribution in [-0.2, 0) is 9.59 Å². The summed E-state index contributed by atoms with van der Waals surface area (Å²) in [5.74, 6) is 0.736. The van der Waals surface area contributed by atoms with Crippen LogP contribution in [0.5, 0.6) is 0 Å². The van der Waals surface area contributed by atoms with E-state index in [-0.39, 0.29) is 30.2 Å². The number of nitrogens with one attached hydrogen (secondary N) is 1. The normalized spacial score (nSPS) is 24.8. The maximum absolute atomic E-state index is 12.6. The third kappa shape index (κ3) is 3.52. The van der Waals surface area contributed by atoms with Crippen LogP contribution >= 0.6 is 0 Å². The molecule has 1 unspecified atom stereocenters. The fourth-order valence-electron chi connectivity index (χ4n) is 3.51. The zero-order valence-corrected chi connectivity index (χ0v) is 15.1.